The van der Waals surface area contributed by atoms with Crippen LogP contribution in [0.15, 0.2) is 36.5 Å². The molecule has 3 N–H and O–H groups in total. The number of hydrogen-bond donors (Lipinski definition) is 3. The summed E-state index contributed by atoms with van der Waals surface area (Å²) in [5, 5.41) is 23.8. The van der Waals surface area contributed by atoms with E-state index in [-0.39, 0.29) is 24.9 Å². The topological polar surface area (TPSA) is 95.9 Å². The Labute approximate surface area is 373 Å². The molecular weight excluding hydrogens is 743 g/mol. The molecule has 0 aliphatic heterocycles. The van der Waals surface area contributed by atoms with E-state index in [0.29, 0.717) is 19.3 Å². The largest absolute Gasteiger partial charge is 0.462 e. The van der Waals surface area contributed by atoms with E-state index in [9.17, 15) is 19.8 Å². The summed E-state index contributed by atoms with van der Waals surface area (Å²) in [4.78, 5) is 26.1. The average molecular weight is 844 g/mol. The molecule has 0 saturated carbocycles. The van der Waals surface area contributed by atoms with Gasteiger partial charge >= 0.3 is 5.97 Å². The summed E-state index contributed by atoms with van der Waals surface area (Å²) >= 11 is 0. The first-order chi connectivity index (χ1) is 29.5. The standard InChI is InChI=1S/C54H101NO5/c1-4-7-10-13-16-19-22-25-26-27-28-29-31-34-37-40-43-46-52(57)51(49-56)55-53(58)48-50(45-42-39-36-33-30-23-20-17-14-11-8-5-2)60-54(59)47-44-41-38-35-32-24-21-18-15-12-9-6-3/h8,11,17-18,20-21,50-52,56-57H,4-7,9-10,12-16,19,22-49H2,1-3H3,(H,55,58)/b11-8+,20-17+,21-18-. The van der Waals surface area contributed by atoms with E-state index in [2.05, 4.69) is 62.5 Å². The summed E-state index contributed by atoms with van der Waals surface area (Å²) in [7, 11) is 0. The molecule has 3 unspecified atom stereocenters. The lowest BCUT2D eigenvalue weighted by Crippen LogP contribution is -2.46. The number of aliphatic hydroxyl groups excluding tert-OH is 2. The molecule has 6 heteroatoms. The molecule has 0 rings (SSSR count). The van der Waals surface area contributed by atoms with E-state index < -0.39 is 18.2 Å². The van der Waals surface area contributed by atoms with Gasteiger partial charge in [-0.25, -0.2) is 0 Å². The van der Waals surface area contributed by atoms with Crippen molar-refractivity contribution in [3.05, 3.63) is 36.5 Å². The van der Waals surface area contributed by atoms with Crippen molar-refractivity contribution in [2.45, 2.75) is 289 Å². The Morgan fingerprint density at radius 1 is 0.500 bits per heavy atom. The monoisotopic (exact) mass is 844 g/mol. The smallest absolute Gasteiger partial charge is 0.306 e. The lowest BCUT2D eigenvalue weighted by molar-refractivity contribution is -0.151. The minimum atomic E-state index is -0.791. The highest BCUT2D eigenvalue weighted by atomic mass is 16.5. The zero-order valence-corrected chi connectivity index (χ0v) is 40.1. The van der Waals surface area contributed by atoms with Gasteiger partial charge in [0.1, 0.15) is 6.10 Å². The molecule has 352 valence electrons. The first-order valence-electron chi connectivity index (χ1n) is 26.2. The van der Waals surface area contributed by atoms with Crippen LogP contribution >= 0.6 is 0 Å². The van der Waals surface area contributed by atoms with E-state index in [1.165, 1.54) is 148 Å². The quantitative estimate of drug-likeness (QED) is 0.0322. The van der Waals surface area contributed by atoms with Gasteiger partial charge in [0.15, 0.2) is 0 Å². The zero-order chi connectivity index (χ0) is 43.8. The summed E-state index contributed by atoms with van der Waals surface area (Å²) in [5.41, 5.74) is 0. The van der Waals surface area contributed by atoms with Crippen LogP contribution in [0.5, 0.6) is 0 Å². The Balaban J connectivity index is 4.49. The van der Waals surface area contributed by atoms with E-state index in [1.54, 1.807) is 0 Å². The molecule has 3 atom stereocenters. The van der Waals surface area contributed by atoms with Crippen molar-refractivity contribution in [3.8, 4) is 0 Å². The number of amides is 1. The zero-order valence-electron chi connectivity index (χ0n) is 40.1. The first kappa shape index (κ1) is 58.1. The van der Waals surface area contributed by atoms with Crippen LogP contribution in [0.1, 0.15) is 271 Å². The number of carbonyl (C=O) groups excluding carboxylic acids is 2. The van der Waals surface area contributed by atoms with Crippen LogP contribution in [0, 0.1) is 0 Å². The van der Waals surface area contributed by atoms with Crippen LogP contribution in [0.2, 0.25) is 0 Å². The molecule has 0 aromatic carbocycles. The number of esters is 1. The molecular formula is C54H101NO5. The molecule has 6 nitrogen and oxygen atoms in total. The lowest BCUT2D eigenvalue weighted by Gasteiger charge is -2.24. The fourth-order valence-corrected chi connectivity index (χ4v) is 7.99. The lowest BCUT2D eigenvalue weighted by atomic mass is 10.0. The van der Waals surface area contributed by atoms with Crippen molar-refractivity contribution in [2.24, 2.45) is 0 Å². The molecule has 1 amide bonds. The van der Waals surface area contributed by atoms with Gasteiger partial charge in [0, 0.05) is 6.42 Å². The predicted octanol–water partition coefficient (Wildman–Crippen LogP) is 15.7. The van der Waals surface area contributed by atoms with Crippen molar-refractivity contribution in [3.63, 3.8) is 0 Å². The second-order valence-electron chi connectivity index (χ2n) is 17.9. The third kappa shape index (κ3) is 42.8. The van der Waals surface area contributed by atoms with Gasteiger partial charge in [0.25, 0.3) is 0 Å². The van der Waals surface area contributed by atoms with Gasteiger partial charge in [-0.05, 0) is 77.0 Å². The van der Waals surface area contributed by atoms with Crippen molar-refractivity contribution in [1.82, 2.24) is 5.32 Å². The molecule has 60 heavy (non-hydrogen) atoms. The van der Waals surface area contributed by atoms with Crippen LogP contribution < -0.4 is 5.32 Å². The fraction of sp³-hybridized carbons (Fsp3) is 0.852. The number of unbranched alkanes of at least 4 members (excludes halogenated alkanes) is 29. The van der Waals surface area contributed by atoms with Crippen molar-refractivity contribution >= 4 is 11.9 Å². The number of allylic oxidation sites excluding steroid dienone is 6. The average Bonchev–Trinajstić information content (AvgIpc) is 3.24. The molecule has 0 aromatic heterocycles. The number of hydrogen-bond acceptors (Lipinski definition) is 5. The first-order valence-corrected chi connectivity index (χ1v) is 26.2. The van der Waals surface area contributed by atoms with E-state index >= 15 is 0 Å². The molecule has 0 saturated heterocycles. The van der Waals surface area contributed by atoms with Crippen molar-refractivity contribution in [2.75, 3.05) is 6.61 Å². The van der Waals surface area contributed by atoms with Crippen LogP contribution in [-0.4, -0.2) is 46.9 Å². The summed E-state index contributed by atoms with van der Waals surface area (Å²) < 4.78 is 5.91. The van der Waals surface area contributed by atoms with E-state index in [0.717, 1.165) is 77.0 Å². The number of ether oxygens (including phenoxy) is 1. The third-order valence-corrected chi connectivity index (χ3v) is 12.0. The minimum Gasteiger partial charge on any atom is -0.462 e. The van der Waals surface area contributed by atoms with Gasteiger partial charge in [-0.15, -0.1) is 0 Å². The second-order valence-corrected chi connectivity index (χ2v) is 17.9. The molecule has 0 aliphatic carbocycles. The molecule has 0 heterocycles. The number of aliphatic hydroxyl groups is 2. The molecule has 0 aliphatic rings. The van der Waals surface area contributed by atoms with E-state index in [1.807, 2.05) is 0 Å². The third-order valence-electron chi connectivity index (χ3n) is 12.0. The SMILES string of the molecule is CC/C=C/C/C=C/CCCCCCCC(CC(=O)NC(CO)C(O)CCCCCCCCCCCCCCCCCCC)OC(=O)CCCCCCC/C=C\CCCCC. The number of carbonyl (C=O) groups is 2. The minimum absolute atomic E-state index is 0.0668. The van der Waals surface area contributed by atoms with Gasteiger partial charge in [-0.3, -0.25) is 9.59 Å². The maximum absolute atomic E-state index is 13.2. The summed E-state index contributed by atoms with van der Waals surface area (Å²) in [6, 6.07) is -0.705. The predicted molar refractivity (Wildman–Crippen MR) is 259 cm³/mol. The Morgan fingerprint density at radius 2 is 0.900 bits per heavy atom. The fourth-order valence-electron chi connectivity index (χ4n) is 7.99. The Kier molecular flexibility index (Phi) is 46.6. The van der Waals surface area contributed by atoms with Crippen LogP contribution in [0.3, 0.4) is 0 Å². The molecule has 0 fully saturated rings. The molecule has 0 spiro atoms. The summed E-state index contributed by atoms with van der Waals surface area (Å²) in [5.74, 6) is -0.491. The van der Waals surface area contributed by atoms with Crippen molar-refractivity contribution in [1.29, 1.82) is 0 Å². The molecule has 0 bridgehead atoms. The van der Waals surface area contributed by atoms with Gasteiger partial charge in [-0.2, -0.15) is 0 Å². The highest BCUT2D eigenvalue weighted by molar-refractivity contribution is 5.77. The molecule has 0 radical (unpaired) electrons. The van der Waals surface area contributed by atoms with Gasteiger partial charge in [0.2, 0.25) is 5.91 Å². The van der Waals surface area contributed by atoms with Gasteiger partial charge < -0.3 is 20.3 Å². The summed E-state index contributed by atoms with van der Waals surface area (Å²) in [6.07, 6.45) is 56.4. The Morgan fingerprint density at radius 3 is 1.40 bits per heavy atom. The maximum Gasteiger partial charge on any atom is 0.306 e. The van der Waals surface area contributed by atoms with Crippen LogP contribution in [0.25, 0.3) is 0 Å². The van der Waals surface area contributed by atoms with Gasteiger partial charge in [0.05, 0.1) is 25.2 Å². The number of rotatable bonds is 47. The van der Waals surface area contributed by atoms with E-state index in [4.69, 9.17) is 4.74 Å². The normalized spacial score (nSPS) is 13.5. The Bertz CT molecular complexity index is 993. The highest BCUT2D eigenvalue weighted by Crippen LogP contribution is 2.18. The number of nitrogens with one attached hydrogen (secondary N) is 1. The Hall–Kier alpha value is -1.92. The second kappa shape index (κ2) is 48.1. The molecule has 0 aromatic rings. The van der Waals surface area contributed by atoms with Crippen LogP contribution in [-0.2, 0) is 14.3 Å². The van der Waals surface area contributed by atoms with Crippen molar-refractivity contribution < 1.29 is 24.5 Å². The maximum atomic E-state index is 13.2. The highest BCUT2D eigenvalue weighted by Gasteiger charge is 2.24. The van der Waals surface area contributed by atoms with Gasteiger partial charge in [-0.1, -0.05) is 218 Å². The van der Waals surface area contributed by atoms with Crippen LogP contribution in [0.4, 0.5) is 0 Å². The summed E-state index contributed by atoms with van der Waals surface area (Å²) in [6.45, 7) is 6.36.